The molecule has 0 radical (unpaired) electrons. The van der Waals surface area contributed by atoms with E-state index < -0.39 is 5.97 Å². The van der Waals surface area contributed by atoms with Crippen LogP contribution in [0.5, 0.6) is 0 Å². The molecule has 0 aliphatic carbocycles. The summed E-state index contributed by atoms with van der Waals surface area (Å²) in [4.78, 5) is 0. The van der Waals surface area contributed by atoms with Gasteiger partial charge < -0.3 is 19.3 Å². The van der Waals surface area contributed by atoms with Crippen molar-refractivity contribution in [3.8, 4) is 0 Å². The average Bonchev–Trinajstić information content (AvgIpc) is 2.19. The summed E-state index contributed by atoms with van der Waals surface area (Å²) >= 11 is 0. The van der Waals surface area contributed by atoms with Gasteiger partial charge in [-0.05, 0) is 33.6 Å². The highest BCUT2D eigenvalue weighted by Gasteiger charge is 2.31. The highest BCUT2D eigenvalue weighted by atomic mass is 16.9. The molecule has 0 aromatic rings. The molecule has 0 aromatic carbocycles. The maximum Gasteiger partial charge on any atom is 0.282 e. The lowest BCUT2D eigenvalue weighted by molar-refractivity contribution is -0.380. The van der Waals surface area contributed by atoms with E-state index in [1.165, 1.54) is 0 Å². The fourth-order valence-corrected chi connectivity index (χ4v) is 1.45. The molecule has 0 rings (SSSR count). The van der Waals surface area contributed by atoms with Crippen molar-refractivity contribution in [2.75, 3.05) is 26.4 Å². The second kappa shape index (κ2) is 9.09. The predicted octanol–water partition coefficient (Wildman–Crippen LogP) is 1.91. The summed E-state index contributed by atoms with van der Waals surface area (Å²) in [5, 5.41) is 8.73. The Labute approximate surface area is 92.5 Å². The highest BCUT2D eigenvalue weighted by Crippen LogP contribution is 2.22. The fraction of sp³-hybridized carbons (Fsp3) is 1.00. The zero-order chi connectivity index (χ0) is 11.6. The van der Waals surface area contributed by atoms with Crippen molar-refractivity contribution in [3.05, 3.63) is 0 Å². The van der Waals surface area contributed by atoms with Gasteiger partial charge in [-0.25, -0.2) is 0 Å². The lowest BCUT2D eigenvalue weighted by atomic mass is 10.2. The third kappa shape index (κ3) is 6.10. The van der Waals surface area contributed by atoms with Crippen molar-refractivity contribution in [2.24, 2.45) is 0 Å². The molecule has 0 unspecified atom stereocenters. The monoisotopic (exact) mass is 220 g/mol. The van der Waals surface area contributed by atoms with Gasteiger partial charge in [-0.2, -0.15) is 0 Å². The van der Waals surface area contributed by atoms with Crippen molar-refractivity contribution in [3.63, 3.8) is 0 Å². The first kappa shape index (κ1) is 14.8. The second-order valence-electron chi connectivity index (χ2n) is 3.16. The van der Waals surface area contributed by atoms with E-state index in [9.17, 15) is 0 Å². The largest absolute Gasteiger partial charge is 0.396 e. The van der Waals surface area contributed by atoms with Crippen LogP contribution in [-0.4, -0.2) is 37.5 Å². The Morgan fingerprint density at radius 1 is 0.867 bits per heavy atom. The van der Waals surface area contributed by atoms with Crippen LogP contribution in [0.25, 0.3) is 0 Å². The molecule has 92 valence electrons. The van der Waals surface area contributed by atoms with E-state index in [4.69, 9.17) is 19.3 Å². The SMILES string of the molecule is CCOC(CCCCO)(OCC)OCC. The molecule has 1 N–H and O–H groups in total. The van der Waals surface area contributed by atoms with Crippen LogP contribution in [-0.2, 0) is 14.2 Å². The molecule has 4 nitrogen and oxygen atoms in total. The summed E-state index contributed by atoms with van der Waals surface area (Å²) in [6.45, 7) is 7.61. The van der Waals surface area contributed by atoms with E-state index in [-0.39, 0.29) is 6.61 Å². The van der Waals surface area contributed by atoms with Gasteiger partial charge in [0.05, 0.1) is 0 Å². The van der Waals surface area contributed by atoms with Crippen LogP contribution in [0.3, 0.4) is 0 Å². The van der Waals surface area contributed by atoms with Gasteiger partial charge in [0.25, 0.3) is 5.97 Å². The number of ether oxygens (including phenoxy) is 3. The average molecular weight is 220 g/mol. The van der Waals surface area contributed by atoms with Crippen LogP contribution in [0, 0.1) is 0 Å². The normalized spacial score (nSPS) is 12.0. The summed E-state index contributed by atoms with van der Waals surface area (Å²) in [5.74, 6) is -0.909. The Kier molecular flexibility index (Phi) is 9.00. The number of aliphatic hydroxyl groups is 1. The van der Waals surface area contributed by atoms with Gasteiger partial charge in [-0.3, -0.25) is 0 Å². The van der Waals surface area contributed by atoms with E-state index in [0.717, 1.165) is 12.8 Å². The Balaban J connectivity index is 4.18. The Morgan fingerprint density at radius 2 is 1.33 bits per heavy atom. The molecule has 0 aliphatic heterocycles. The molecular weight excluding hydrogens is 196 g/mol. The first-order valence-electron chi connectivity index (χ1n) is 5.77. The van der Waals surface area contributed by atoms with Gasteiger partial charge in [0.2, 0.25) is 0 Å². The van der Waals surface area contributed by atoms with E-state index in [0.29, 0.717) is 26.2 Å². The standard InChI is InChI=1S/C11H24O4/c1-4-13-11(14-5-2,15-6-3)9-7-8-10-12/h12H,4-10H2,1-3H3. The molecule has 0 aliphatic rings. The third-order valence-corrected chi connectivity index (χ3v) is 1.98. The summed E-state index contributed by atoms with van der Waals surface area (Å²) in [5.41, 5.74) is 0. The van der Waals surface area contributed by atoms with Crippen LogP contribution in [0.2, 0.25) is 0 Å². The molecule has 0 fully saturated rings. The van der Waals surface area contributed by atoms with Crippen LogP contribution >= 0.6 is 0 Å². The minimum absolute atomic E-state index is 0.195. The fourth-order valence-electron chi connectivity index (χ4n) is 1.45. The van der Waals surface area contributed by atoms with Crippen LogP contribution in [0.15, 0.2) is 0 Å². The zero-order valence-electron chi connectivity index (χ0n) is 10.1. The maximum absolute atomic E-state index is 8.73. The lowest BCUT2D eigenvalue weighted by Gasteiger charge is -2.32. The quantitative estimate of drug-likeness (QED) is 0.451. The number of aliphatic hydroxyl groups excluding tert-OH is 1. The van der Waals surface area contributed by atoms with Crippen molar-refractivity contribution in [1.29, 1.82) is 0 Å². The highest BCUT2D eigenvalue weighted by molar-refractivity contribution is 4.58. The molecule has 15 heavy (non-hydrogen) atoms. The summed E-state index contributed by atoms with van der Waals surface area (Å²) < 4.78 is 16.6. The van der Waals surface area contributed by atoms with Gasteiger partial charge in [0.1, 0.15) is 0 Å². The van der Waals surface area contributed by atoms with Gasteiger partial charge in [-0.1, -0.05) is 0 Å². The molecule has 0 saturated heterocycles. The second-order valence-corrected chi connectivity index (χ2v) is 3.16. The van der Waals surface area contributed by atoms with Crippen molar-refractivity contribution in [1.82, 2.24) is 0 Å². The Bertz CT molecular complexity index is 122. The minimum atomic E-state index is -0.909. The molecule has 4 heteroatoms. The number of rotatable bonds is 10. The molecule has 0 heterocycles. The van der Waals surface area contributed by atoms with E-state index in [2.05, 4.69) is 0 Å². The molecule has 0 amide bonds. The summed E-state index contributed by atoms with van der Waals surface area (Å²) in [6, 6.07) is 0. The zero-order valence-corrected chi connectivity index (χ0v) is 10.1. The van der Waals surface area contributed by atoms with Gasteiger partial charge in [-0.15, -0.1) is 0 Å². The Morgan fingerprint density at radius 3 is 1.67 bits per heavy atom. The smallest absolute Gasteiger partial charge is 0.282 e. The molecule has 0 saturated carbocycles. The Hall–Kier alpha value is -0.160. The van der Waals surface area contributed by atoms with Crippen molar-refractivity contribution in [2.45, 2.75) is 46.0 Å². The van der Waals surface area contributed by atoms with E-state index in [1.807, 2.05) is 20.8 Å². The molecule has 0 spiro atoms. The lowest BCUT2D eigenvalue weighted by Crippen LogP contribution is -2.39. The van der Waals surface area contributed by atoms with Gasteiger partial charge >= 0.3 is 0 Å². The number of hydrogen-bond acceptors (Lipinski definition) is 4. The molecule has 0 atom stereocenters. The van der Waals surface area contributed by atoms with E-state index in [1.54, 1.807) is 0 Å². The summed E-state index contributed by atoms with van der Waals surface area (Å²) in [7, 11) is 0. The predicted molar refractivity (Wildman–Crippen MR) is 58.5 cm³/mol. The summed E-state index contributed by atoms with van der Waals surface area (Å²) in [6.07, 6.45) is 2.23. The third-order valence-electron chi connectivity index (χ3n) is 1.98. The first-order chi connectivity index (χ1) is 7.24. The minimum Gasteiger partial charge on any atom is -0.396 e. The van der Waals surface area contributed by atoms with Gasteiger partial charge in [0.15, 0.2) is 0 Å². The van der Waals surface area contributed by atoms with Crippen LogP contribution < -0.4 is 0 Å². The van der Waals surface area contributed by atoms with Crippen molar-refractivity contribution >= 4 is 0 Å². The van der Waals surface area contributed by atoms with Crippen LogP contribution in [0.1, 0.15) is 40.0 Å². The number of hydrogen-bond donors (Lipinski definition) is 1. The van der Waals surface area contributed by atoms with E-state index >= 15 is 0 Å². The topological polar surface area (TPSA) is 47.9 Å². The maximum atomic E-state index is 8.73. The molecule has 0 aromatic heterocycles. The number of unbranched alkanes of at least 4 members (excludes halogenated alkanes) is 1. The molecule has 0 bridgehead atoms. The van der Waals surface area contributed by atoms with Gasteiger partial charge in [0, 0.05) is 32.8 Å². The van der Waals surface area contributed by atoms with Crippen molar-refractivity contribution < 1.29 is 19.3 Å². The van der Waals surface area contributed by atoms with Crippen LogP contribution in [0.4, 0.5) is 0 Å². The molecular formula is C11H24O4. The first-order valence-corrected chi connectivity index (χ1v) is 5.77.